The lowest BCUT2D eigenvalue weighted by Gasteiger charge is -2.33. The van der Waals surface area contributed by atoms with Gasteiger partial charge in [0, 0.05) is 6.04 Å². The molecular weight excluding hydrogens is 254 g/mol. The van der Waals surface area contributed by atoms with Crippen LogP contribution in [0.2, 0.25) is 0 Å². The van der Waals surface area contributed by atoms with E-state index in [9.17, 15) is 9.59 Å². The van der Waals surface area contributed by atoms with Crippen LogP contribution in [0.3, 0.4) is 0 Å². The summed E-state index contributed by atoms with van der Waals surface area (Å²) in [4.78, 5) is 25.5. The fraction of sp³-hybridized carbons (Fsp3) is 0.867. The number of nitrogens with two attached hydrogens (primary N) is 1. The molecule has 1 unspecified atom stereocenters. The smallest absolute Gasteiger partial charge is 0.234 e. The highest BCUT2D eigenvalue weighted by molar-refractivity contribution is 5.82. The molecule has 1 aliphatic carbocycles. The lowest BCUT2D eigenvalue weighted by atomic mass is 10.0. The third-order valence-electron chi connectivity index (χ3n) is 4.51. The van der Waals surface area contributed by atoms with Crippen molar-refractivity contribution in [2.75, 3.05) is 13.1 Å². The van der Waals surface area contributed by atoms with Crippen molar-refractivity contribution in [1.82, 2.24) is 10.2 Å². The van der Waals surface area contributed by atoms with Crippen LogP contribution in [0.5, 0.6) is 0 Å². The highest BCUT2D eigenvalue weighted by Gasteiger charge is 2.28. The van der Waals surface area contributed by atoms with Crippen molar-refractivity contribution in [2.24, 2.45) is 5.73 Å². The molecule has 20 heavy (non-hydrogen) atoms. The summed E-state index contributed by atoms with van der Waals surface area (Å²) in [5.74, 6) is -0.253. The second-order valence-corrected chi connectivity index (χ2v) is 6.14. The number of rotatable bonds is 4. The lowest BCUT2D eigenvalue weighted by molar-refractivity contribution is -0.128. The molecule has 3 N–H and O–H groups in total. The van der Waals surface area contributed by atoms with Crippen LogP contribution in [0, 0.1) is 0 Å². The molecule has 2 aliphatic rings. The maximum atomic E-state index is 12.2. The molecule has 5 nitrogen and oxygen atoms in total. The largest absolute Gasteiger partial charge is 0.368 e. The van der Waals surface area contributed by atoms with Gasteiger partial charge in [-0.25, -0.2) is 0 Å². The molecule has 0 aromatic rings. The first-order valence-electron chi connectivity index (χ1n) is 7.99. The van der Waals surface area contributed by atoms with Crippen LogP contribution in [0.4, 0.5) is 0 Å². The van der Waals surface area contributed by atoms with Gasteiger partial charge in [0.1, 0.15) is 0 Å². The number of hydrogen-bond donors (Lipinski definition) is 2. The van der Waals surface area contributed by atoms with Gasteiger partial charge >= 0.3 is 0 Å². The molecule has 5 heteroatoms. The van der Waals surface area contributed by atoms with E-state index in [2.05, 4.69) is 5.32 Å². The quantitative estimate of drug-likeness (QED) is 0.759. The van der Waals surface area contributed by atoms with Crippen LogP contribution < -0.4 is 11.1 Å². The van der Waals surface area contributed by atoms with Gasteiger partial charge < -0.3 is 11.1 Å². The van der Waals surface area contributed by atoms with Crippen LogP contribution in [0.25, 0.3) is 0 Å². The predicted molar refractivity (Wildman–Crippen MR) is 78.0 cm³/mol. The highest BCUT2D eigenvalue weighted by Crippen LogP contribution is 2.18. The third kappa shape index (κ3) is 4.47. The Bertz CT molecular complexity index is 338. The normalized spacial score (nSPS) is 25.9. The van der Waals surface area contributed by atoms with E-state index in [1.54, 1.807) is 0 Å². The summed E-state index contributed by atoms with van der Waals surface area (Å²) in [5.41, 5.74) is 5.43. The first-order chi connectivity index (χ1) is 9.66. The zero-order chi connectivity index (χ0) is 14.4. The molecule has 0 bridgehead atoms. The Morgan fingerprint density at radius 2 is 1.65 bits per heavy atom. The summed E-state index contributed by atoms with van der Waals surface area (Å²) in [6.45, 7) is 1.11. The molecule has 0 aromatic carbocycles. The lowest BCUT2D eigenvalue weighted by Crippen LogP contribution is -2.52. The molecule has 1 heterocycles. The standard InChI is InChI=1S/C15H27N3O2/c16-15(20)13-9-5-6-10-18(13)11-14(19)17-12-7-3-1-2-4-8-12/h12-13H,1-11H2,(H2,16,20)(H,17,19). The molecule has 0 spiro atoms. The van der Waals surface area contributed by atoms with E-state index in [1.165, 1.54) is 25.7 Å². The number of carbonyl (C=O) groups is 2. The fourth-order valence-corrected chi connectivity index (χ4v) is 3.38. The van der Waals surface area contributed by atoms with E-state index in [-0.39, 0.29) is 17.9 Å². The minimum atomic E-state index is -0.299. The van der Waals surface area contributed by atoms with Gasteiger partial charge in [-0.05, 0) is 32.2 Å². The number of likely N-dealkylation sites (tertiary alicyclic amines) is 1. The van der Waals surface area contributed by atoms with E-state index < -0.39 is 0 Å². The zero-order valence-electron chi connectivity index (χ0n) is 12.3. The average Bonchev–Trinajstić information content (AvgIpc) is 2.67. The Morgan fingerprint density at radius 1 is 1.00 bits per heavy atom. The third-order valence-corrected chi connectivity index (χ3v) is 4.51. The van der Waals surface area contributed by atoms with Gasteiger partial charge in [-0.3, -0.25) is 14.5 Å². The molecular formula is C15H27N3O2. The Morgan fingerprint density at radius 3 is 2.30 bits per heavy atom. The molecule has 2 rings (SSSR count). The minimum absolute atomic E-state index is 0.0463. The molecule has 1 aliphatic heterocycles. The molecule has 0 aromatic heterocycles. The van der Waals surface area contributed by atoms with Gasteiger partial charge in [-0.2, -0.15) is 0 Å². The van der Waals surface area contributed by atoms with Crippen LogP contribution in [0.1, 0.15) is 57.8 Å². The van der Waals surface area contributed by atoms with Gasteiger partial charge in [-0.1, -0.05) is 32.1 Å². The van der Waals surface area contributed by atoms with Gasteiger partial charge in [0.15, 0.2) is 0 Å². The number of piperidine rings is 1. The van der Waals surface area contributed by atoms with Crippen molar-refractivity contribution in [2.45, 2.75) is 69.9 Å². The van der Waals surface area contributed by atoms with Gasteiger partial charge in [0.05, 0.1) is 12.6 Å². The van der Waals surface area contributed by atoms with E-state index in [0.29, 0.717) is 12.6 Å². The fourth-order valence-electron chi connectivity index (χ4n) is 3.38. The monoisotopic (exact) mass is 281 g/mol. The first-order valence-corrected chi connectivity index (χ1v) is 7.99. The molecule has 1 atom stereocenters. The SMILES string of the molecule is NC(=O)C1CCCCN1CC(=O)NC1CCCCCC1. The van der Waals surface area contributed by atoms with Crippen molar-refractivity contribution >= 4 is 11.8 Å². The number of amides is 2. The van der Waals surface area contributed by atoms with E-state index in [1.807, 2.05) is 4.90 Å². The van der Waals surface area contributed by atoms with Gasteiger partial charge in [0.25, 0.3) is 0 Å². The van der Waals surface area contributed by atoms with E-state index >= 15 is 0 Å². The molecule has 1 saturated carbocycles. The average molecular weight is 281 g/mol. The topological polar surface area (TPSA) is 75.4 Å². The number of nitrogens with zero attached hydrogens (tertiary/aromatic N) is 1. The number of nitrogens with one attached hydrogen (secondary N) is 1. The van der Waals surface area contributed by atoms with Crippen molar-refractivity contribution in [3.05, 3.63) is 0 Å². The maximum Gasteiger partial charge on any atom is 0.234 e. The van der Waals surface area contributed by atoms with Crippen molar-refractivity contribution in [3.63, 3.8) is 0 Å². The van der Waals surface area contributed by atoms with Crippen molar-refractivity contribution < 1.29 is 9.59 Å². The highest BCUT2D eigenvalue weighted by atomic mass is 16.2. The molecule has 0 radical (unpaired) electrons. The van der Waals surface area contributed by atoms with Crippen molar-refractivity contribution in [3.8, 4) is 0 Å². The molecule has 2 fully saturated rings. The van der Waals surface area contributed by atoms with E-state index in [0.717, 1.165) is 38.6 Å². The number of carbonyl (C=O) groups excluding carboxylic acids is 2. The van der Waals surface area contributed by atoms with Crippen LogP contribution >= 0.6 is 0 Å². The first kappa shape index (κ1) is 15.3. The second-order valence-electron chi connectivity index (χ2n) is 6.14. The van der Waals surface area contributed by atoms with Gasteiger partial charge in [-0.15, -0.1) is 0 Å². The Balaban J connectivity index is 1.81. The summed E-state index contributed by atoms with van der Waals surface area (Å²) in [5, 5.41) is 3.13. The number of primary amides is 1. The second kappa shape index (κ2) is 7.62. The summed E-state index contributed by atoms with van der Waals surface area (Å²) < 4.78 is 0. The molecule has 1 saturated heterocycles. The maximum absolute atomic E-state index is 12.2. The van der Waals surface area contributed by atoms with E-state index in [4.69, 9.17) is 5.73 Å². The van der Waals surface area contributed by atoms with Crippen molar-refractivity contribution in [1.29, 1.82) is 0 Å². The Kier molecular flexibility index (Phi) is 5.83. The summed E-state index contributed by atoms with van der Waals surface area (Å²) >= 11 is 0. The molecule has 114 valence electrons. The van der Waals surface area contributed by atoms with Crippen LogP contribution in [-0.4, -0.2) is 41.9 Å². The minimum Gasteiger partial charge on any atom is -0.368 e. The summed E-state index contributed by atoms with van der Waals surface area (Å²) in [6, 6.07) is 0.0606. The predicted octanol–water partition coefficient (Wildman–Crippen LogP) is 1.17. The number of hydrogen-bond acceptors (Lipinski definition) is 3. The Hall–Kier alpha value is -1.10. The zero-order valence-corrected chi connectivity index (χ0v) is 12.3. The van der Waals surface area contributed by atoms with Crippen LogP contribution in [-0.2, 0) is 9.59 Å². The molecule has 2 amide bonds. The van der Waals surface area contributed by atoms with Crippen LogP contribution in [0.15, 0.2) is 0 Å². The van der Waals surface area contributed by atoms with Gasteiger partial charge in [0.2, 0.25) is 11.8 Å². The summed E-state index contributed by atoms with van der Waals surface area (Å²) in [7, 11) is 0. The Labute approximate surface area is 121 Å². The summed E-state index contributed by atoms with van der Waals surface area (Å²) in [6.07, 6.45) is 10.00.